The summed E-state index contributed by atoms with van der Waals surface area (Å²) in [6.07, 6.45) is 44.2. The summed E-state index contributed by atoms with van der Waals surface area (Å²) < 4.78 is 5.59. The summed E-state index contributed by atoms with van der Waals surface area (Å²) in [4.78, 5) is 23.9. The molecule has 0 unspecified atom stereocenters. The Kier molecular flexibility index (Phi) is 42.4. The normalized spacial score (nSPS) is 11.2. The van der Waals surface area contributed by atoms with Crippen molar-refractivity contribution >= 4 is 12.1 Å². The van der Waals surface area contributed by atoms with Crippen molar-refractivity contribution in [3.8, 4) is 0 Å². The highest BCUT2D eigenvalue weighted by atomic mass is 16.5. The minimum Gasteiger partial charge on any atom is -0.380 e. The predicted octanol–water partition coefficient (Wildman–Crippen LogP) is 12.5. The summed E-state index contributed by atoms with van der Waals surface area (Å²) >= 11 is 0. The third-order valence-corrected chi connectivity index (χ3v) is 9.91. The average Bonchev–Trinajstić information content (AvgIpc) is 3.12. The van der Waals surface area contributed by atoms with Crippen molar-refractivity contribution < 1.29 is 14.3 Å². The van der Waals surface area contributed by atoms with Gasteiger partial charge in [-0.05, 0) is 19.3 Å². The van der Waals surface area contributed by atoms with Crippen LogP contribution in [0.4, 0.5) is 9.59 Å². The molecule has 0 bridgehead atoms. The first-order chi connectivity index (χ1) is 24.7. The molecule has 0 atom stereocenters. The molecule has 7 nitrogen and oxygen atoms in total. The van der Waals surface area contributed by atoms with E-state index in [2.05, 4.69) is 35.1 Å². The molecule has 50 heavy (non-hydrogen) atoms. The van der Waals surface area contributed by atoms with Gasteiger partial charge in [0.15, 0.2) is 0 Å². The van der Waals surface area contributed by atoms with E-state index in [4.69, 9.17) is 4.74 Å². The first kappa shape index (κ1) is 48.5. The molecule has 0 aromatic heterocycles. The molecule has 0 aromatic rings. The maximum absolute atomic E-state index is 12.0. The van der Waals surface area contributed by atoms with E-state index in [0.717, 1.165) is 32.4 Å². The largest absolute Gasteiger partial charge is 0.380 e. The quantitative estimate of drug-likeness (QED) is 0.0476. The topological polar surface area (TPSA) is 91.5 Å². The molecule has 0 aliphatic carbocycles. The molecule has 0 aromatic carbocycles. The highest BCUT2D eigenvalue weighted by Gasteiger charge is 2.01. The van der Waals surface area contributed by atoms with Crippen molar-refractivity contribution in [2.45, 2.75) is 226 Å². The second-order valence-corrected chi connectivity index (χ2v) is 14.9. The number of carbonyl (C=O) groups is 2. The SMILES string of the molecule is CCCCCCCCCCCCCCCCCCNC(=O)NCCCOCCNC(=O)NCCCCCCCCCCCCCCCCCC. The van der Waals surface area contributed by atoms with E-state index in [1.807, 2.05) is 0 Å². The van der Waals surface area contributed by atoms with Crippen LogP contribution in [0.15, 0.2) is 0 Å². The minimum absolute atomic E-state index is 0.0892. The lowest BCUT2D eigenvalue weighted by Crippen LogP contribution is -2.38. The van der Waals surface area contributed by atoms with Gasteiger partial charge in [-0.25, -0.2) is 9.59 Å². The lowest BCUT2D eigenvalue weighted by Gasteiger charge is -2.09. The van der Waals surface area contributed by atoms with Crippen LogP contribution in [0.2, 0.25) is 0 Å². The molecule has 4 amide bonds. The van der Waals surface area contributed by atoms with Crippen LogP contribution < -0.4 is 21.3 Å². The highest BCUT2D eigenvalue weighted by molar-refractivity contribution is 5.74. The van der Waals surface area contributed by atoms with Crippen molar-refractivity contribution in [1.29, 1.82) is 0 Å². The Hall–Kier alpha value is -1.50. The van der Waals surface area contributed by atoms with Gasteiger partial charge in [-0.2, -0.15) is 0 Å². The third kappa shape index (κ3) is 42.7. The Bertz CT molecular complexity index is 623. The second kappa shape index (κ2) is 43.7. The first-order valence-corrected chi connectivity index (χ1v) is 22.3. The summed E-state index contributed by atoms with van der Waals surface area (Å²) in [5, 5.41) is 11.7. The molecule has 0 rings (SSSR count). The van der Waals surface area contributed by atoms with Crippen molar-refractivity contribution in [2.24, 2.45) is 0 Å². The van der Waals surface area contributed by atoms with Crippen molar-refractivity contribution in [3.63, 3.8) is 0 Å². The molecule has 0 saturated carbocycles. The van der Waals surface area contributed by atoms with Gasteiger partial charge < -0.3 is 26.0 Å². The third-order valence-electron chi connectivity index (χ3n) is 9.91. The van der Waals surface area contributed by atoms with Crippen molar-refractivity contribution in [1.82, 2.24) is 21.3 Å². The molecule has 0 spiro atoms. The van der Waals surface area contributed by atoms with Gasteiger partial charge in [-0.1, -0.05) is 206 Å². The summed E-state index contributed by atoms with van der Waals surface area (Å²) in [5.41, 5.74) is 0. The molecule has 0 radical (unpaired) electrons. The van der Waals surface area contributed by atoms with Crippen LogP contribution >= 0.6 is 0 Å². The van der Waals surface area contributed by atoms with Gasteiger partial charge in [0, 0.05) is 32.8 Å². The zero-order valence-corrected chi connectivity index (χ0v) is 33.8. The van der Waals surface area contributed by atoms with E-state index in [-0.39, 0.29) is 12.1 Å². The number of amides is 4. The summed E-state index contributed by atoms with van der Waals surface area (Å²) in [6.45, 7) is 8.19. The molecular formula is C43H88N4O3. The molecule has 0 aliphatic heterocycles. The Morgan fingerprint density at radius 3 is 0.840 bits per heavy atom. The number of hydrogen-bond donors (Lipinski definition) is 4. The van der Waals surface area contributed by atoms with Gasteiger partial charge in [-0.15, -0.1) is 0 Å². The zero-order chi connectivity index (χ0) is 36.3. The molecule has 4 N–H and O–H groups in total. The number of ether oxygens (including phenoxy) is 1. The molecular weight excluding hydrogens is 620 g/mol. The van der Waals surface area contributed by atoms with Gasteiger partial charge in [0.25, 0.3) is 0 Å². The standard InChI is InChI=1S/C43H88N4O3/c1-3-5-7-9-11-13-15-17-19-21-23-25-27-29-31-33-36-44-42(48)46-38-35-40-50-41-39-47-43(49)45-37-34-32-30-28-26-24-22-20-18-16-14-12-10-8-6-4-2/h3-41H2,1-2H3,(H2,44,46,48)(H2,45,47,49). The number of unbranched alkanes of at least 4 members (excludes halogenated alkanes) is 30. The maximum Gasteiger partial charge on any atom is 0.314 e. The fourth-order valence-electron chi connectivity index (χ4n) is 6.59. The lowest BCUT2D eigenvalue weighted by atomic mass is 10.0. The smallest absolute Gasteiger partial charge is 0.314 e. The van der Waals surface area contributed by atoms with Crippen LogP contribution in [-0.2, 0) is 4.74 Å². The van der Waals surface area contributed by atoms with E-state index in [1.54, 1.807) is 0 Å². The van der Waals surface area contributed by atoms with Gasteiger partial charge >= 0.3 is 12.1 Å². The molecule has 298 valence electrons. The zero-order valence-electron chi connectivity index (χ0n) is 33.8. The number of hydrogen-bond acceptors (Lipinski definition) is 3. The van der Waals surface area contributed by atoms with E-state index in [9.17, 15) is 9.59 Å². The Labute approximate surface area is 312 Å². The van der Waals surface area contributed by atoms with Crippen LogP contribution in [0.1, 0.15) is 226 Å². The Morgan fingerprint density at radius 1 is 0.300 bits per heavy atom. The summed E-state index contributed by atoms with van der Waals surface area (Å²) in [7, 11) is 0. The Balaban J connectivity index is 3.23. The highest BCUT2D eigenvalue weighted by Crippen LogP contribution is 2.15. The van der Waals surface area contributed by atoms with Gasteiger partial charge in [0.1, 0.15) is 0 Å². The summed E-state index contributed by atoms with van der Waals surface area (Å²) in [5.74, 6) is 0. The number of rotatable bonds is 41. The molecule has 0 saturated heterocycles. The predicted molar refractivity (Wildman–Crippen MR) is 217 cm³/mol. The number of carbonyl (C=O) groups excluding carboxylic acids is 2. The number of urea groups is 2. The van der Waals surface area contributed by atoms with E-state index >= 15 is 0 Å². The maximum atomic E-state index is 12.0. The van der Waals surface area contributed by atoms with E-state index in [0.29, 0.717) is 26.3 Å². The van der Waals surface area contributed by atoms with Crippen LogP contribution in [-0.4, -0.2) is 51.5 Å². The molecule has 7 heteroatoms. The monoisotopic (exact) mass is 709 g/mol. The van der Waals surface area contributed by atoms with Crippen LogP contribution in [0, 0.1) is 0 Å². The van der Waals surface area contributed by atoms with E-state index in [1.165, 1.54) is 193 Å². The van der Waals surface area contributed by atoms with Gasteiger partial charge in [0.05, 0.1) is 6.61 Å². The fourth-order valence-corrected chi connectivity index (χ4v) is 6.59. The van der Waals surface area contributed by atoms with Crippen LogP contribution in [0.25, 0.3) is 0 Å². The molecule has 0 heterocycles. The summed E-state index contributed by atoms with van der Waals surface area (Å²) in [6, 6.07) is -0.203. The van der Waals surface area contributed by atoms with Crippen molar-refractivity contribution in [3.05, 3.63) is 0 Å². The fraction of sp³-hybridized carbons (Fsp3) is 0.953. The molecule has 0 fully saturated rings. The van der Waals surface area contributed by atoms with Crippen LogP contribution in [0.3, 0.4) is 0 Å². The Morgan fingerprint density at radius 2 is 0.540 bits per heavy atom. The van der Waals surface area contributed by atoms with Crippen LogP contribution in [0.5, 0.6) is 0 Å². The second-order valence-electron chi connectivity index (χ2n) is 14.9. The lowest BCUT2D eigenvalue weighted by molar-refractivity contribution is 0.134. The van der Waals surface area contributed by atoms with Crippen molar-refractivity contribution in [2.75, 3.05) is 39.4 Å². The van der Waals surface area contributed by atoms with Gasteiger partial charge in [0.2, 0.25) is 0 Å². The number of nitrogens with one attached hydrogen (secondary N) is 4. The average molecular weight is 709 g/mol. The van der Waals surface area contributed by atoms with E-state index < -0.39 is 0 Å². The minimum atomic E-state index is -0.114. The molecule has 0 aliphatic rings. The van der Waals surface area contributed by atoms with Gasteiger partial charge in [-0.3, -0.25) is 0 Å². The first-order valence-electron chi connectivity index (χ1n) is 22.3.